The van der Waals surface area contributed by atoms with Crippen molar-refractivity contribution in [2.75, 3.05) is 26.4 Å². The molecule has 0 aromatic rings. The molecule has 0 aliphatic carbocycles. The van der Waals surface area contributed by atoms with Gasteiger partial charge in [-0.3, -0.25) is 18.6 Å². The van der Waals surface area contributed by atoms with E-state index in [2.05, 4.69) is 98.9 Å². The van der Waals surface area contributed by atoms with Gasteiger partial charge in [0.2, 0.25) is 0 Å². The average molecular weight is 1180 g/mol. The summed E-state index contributed by atoms with van der Waals surface area (Å²) in [5.41, 5.74) is 5.40. The number of phosphoric ester groups is 1. The highest BCUT2D eigenvalue weighted by Crippen LogP contribution is 2.43. The number of allylic oxidation sites excluding steroid dienone is 14. The Labute approximate surface area is 513 Å². The van der Waals surface area contributed by atoms with Crippen molar-refractivity contribution in [1.29, 1.82) is 0 Å². The van der Waals surface area contributed by atoms with Crippen LogP contribution in [0.4, 0.5) is 0 Å². The Morgan fingerprint density at radius 2 is 0.663 bits per heavy atom. The van der Waals surface area contributed by atoms with Crippen LogP contribution in [0.25, 0.3) is 0 Å². The van der Waals surface area contributed by atoms with Crippen LogP contribution in [-0.4, -0.2) is 49.3 Å². The highest BCUT2D eigenvalue weighted by molar-refractivity contribution is 7.47. The van der Waals surface area contributed by atoms with E-state index >= 15 is 0 Å². The van der Waals surface area contributed by atoms with E-state index in [0.717, 1.165) is 77.0 Å². The van der Waals surface area contributed by atoms with Crippen molar-refractivity contribution in [3.63, 3.8) is 0 Å². The van der Waals surface area contributed by atoms with Crippen LogP contribution in [0.3, 0.4) is 0 Å². The second kappa shape index (κ2) is 68.3. The van der Waals surface area contributed by atoms with E-state index in [0.29, 0.717) is 6.42 Å². The molecule has 10 heteroatoms. The summed E-state index contributed by atoms with van der Waals surface area (Å²) in [5, 5.41) is 0. The molecule has 0 bridgehead atoms. The third kappa shape index (κ3) is 68.2. The molecular formula is C73H132NO8P. The molecule has 0 radical (unpaired) electrons. The Bertz CT molecular complexity index is 1640. The van der Waals surface area contributed by atoms with Crippen LogP contribution in [0.2, 0.25) is 0 Å². The second-order valence-corrected chi connectivity index (χ2v) is 24.8. The number of hydrogen-bond acceptors (Lipinski definition) is 8. The summed E-state index contributed by atoms with van der Waals surface area (Å²) in [6.45, 7) is 3.67. The SMILES string of the molecule is CC/C=C\C/C=C\C/C=C\C/C=C\C/C=C\C/C=C\CCCCCCCCCCCCCCC(=O)OC(COC(=O)CCCCCCCCCCCCCCCCCCCCC/C=C\CCCCCCCCCC)COP(=O)(O)OCCN. The van der Waals surface area contributed by atoms with Crippen molar-refractivity contribution in [3.8, 4) is 0 Å². The number of carbonyl (C=O) groups is 2. The molecule has 0 rings (SSSR count). The van der Waals surface area contributed by atoms with E-state index in [1.807, 2.05) is 0 Å². The van der Waals surface area contributed by atoms with E-state index in [4.69, 9.17) is 24.3 Å². The van der Waals surface area contributed by atoms with Crippen molar-refractivity contribution in [2.45, 2.75) is 341 Å². The molecule has 0 heterocycles. The lowest BCUT2D eigenvalue weighted by molar-refractivity contribution is -0.161. The first kappa shape index (κ1) is 80.2. The predicted octanol–water partition coefficient (Wildman–Crippen LogP) is 23.0. The molecule has 0 aliphatic heterocycles. The monoisotopic (exact) mass is 1180 g/mol. The van der Waals surface area contributed by atoms with Crippen molar-refractivity contribution in [3.05, 3.63) is 85.1 Å². The Kier molecular flexibility index (Phi) is 66.0. The van der Waals surface area contributed by atoms with Gasteiger partial charge < -0.3 is 20.1 Å². The lowest BCUT2D eigenvalue weighted by Gasteiger charge is -2.19. The Balaban J connectivity index is 3.87. The highest BCUT2D eigenvalue weighted by Gasteiger charge is 2.26. The zero-order valence-corrected chi connectivity index (χ0v) is 55.1. The van der Waals surface area contributed by atoms with Crippen molar-refractivity contribution >= 4 is 19.8 Å². The fourth-order valence-corrected chi connectivity index (χ4v) is 10.9. The molecular weight excluding hydrogens is 1050 g/mol. The van der Waals surface area contributed by atoms with Crippen LogP contribution >= 0.6 is 7.82 Å². The van der Waals surface area contributed by atoms with Gasteiger partial charge in [0.1, 0.15) is 6.61 Å². The van der Waals surface area contributed by atoms with Crippen LogP contribution in [0, 0.1) is 0 Å². The lowest BCUT2D eigenvalue weighted by atomic mass is 10.0. The van der Waals surface area contributed by atoms with E-state index in [9.17, 15) is 19.0 Å². The molecule has 0 aromatic carbocycles. The first-order chi connectivity index (χ1) is 40.8. The molecule has 9 nitrogen and oxygen atoms in total. The normalized spacial score (nSPS) is 13.4. The average Bonchev–Trinajstić information content (AvgIpc) is 3.48. The Hall–Kier alpha value is -2.81. The van der Waals surface area contributed by atoms with Gasteiger partial charge in [0.25, 0.3) is 0 Å². The van der Waals surface area contributed by atoms with Gasteiger partial charge in [0.15, 0.2) is 6.10 Å². The van der Waals surface area contributed by atoms with Gasteiger partial charge in [-0.15, -0.1) is 0 Å². The highest BCUT2D eigenvalue weighted by atomic mass is 31.2. The number of rotatable bonds is 66. The van der Waals surface area contributed by atoms with Gasteiger partial charge >= 0.3 is 19.8 Å². The van der Waals surface area contributed by atoms with Gasteiger partial charge in [-0.1, -0.05) is 317 Å². The third-order valence-electron chi connectivity index (χ3n) is 15.3. The summed E-state index contributed by atoms with van der Waals surface area (Å²) in [7, 11) is -4.40. The van der Waals surface area contributed by atoms with Crippen LogP contribution in [0.1, 0.15) is 335 Å². The van der Waals surface area contributed by atoms with E-state index in [-0.39, 0.29) is 38.6 Å². The van der Waals surface area contributed by atoms with E-state index < -0.39 is 26.5 Å². The molecule has 0 aliphatic rings. The van der Waals surface area contributed by atoms with Gasteiger partial charge in [-0.2, -0.15) is 0 Å². The minimum absolute atomic E-state index is 0.0516. The molecule has 83 heavy (non-hydrogen) atoms. The Morgan fingerprint density at radius 1 is 0.373 bits per heavy atom. The zero-order chi connectivity index (χ0) is 60.1. The number of hydrogen-bond donors (Lipinski definition) is 2. The molecule has 0 amide bonds. The van der Waals surface area contributed by atoms with Crippen LogP contribution in [-0.2, 0) is 32.7 Å². The number of unbranched alkanes of at least 4 members (excludes halogenated alkanes) is 39. The summed E-state index contributed by atoms with van der Waals surface area (Å²) < 4.78 is 33.2. The molecule has 0 saturated heterocycles. The van der Waals surface area contributed by atoms with Gasteiger partial charge in [-0.05, 0) is 89.9 Å². The first-order valence-corrected chi connectivity index (χ1v) is 36.6. The second-order valence-electron chi connectivity index (χ2n) is 23.4. The van der Waals surface area contributed by atoms with Crippen LogP contribution in [0.15, 0.2) is 85.1 Å². The van der Waals surface area contributed by atoms with Gasteiger partial charge in [0, 0.05) is 19.4 Å². The molecule has 482 valence electrons. The topological polar surface area (TPSA) is 134 Å². The molecule has 2 unspecified atom stereocenters. The zero-order valence-electron chi connectivity index (χ0n) is 54.2. The molecule has 3 N–H and O–H groups in total. The molecule has 0 saturated carbocycles. The van der Waals surface area contributed by atoms with Crippen LogP contribution < -0.4 is 5.73 Å². The maximum Gasteiger partial charge on any atom is 0.472 e. The number of carbonyl (C=O) groups excluding carboxylic acids is 2. The summed E-state index contributed by atoms with van der Waals surface area (Å²) >= 11 is 0. The van der Waals surface area contributed by atoms with Crippen molar-refractivity contribution in [2.24, 2.45) is 5.73 Å². The van der Waals surface area contributed by atoms with Crippen LogP contribution in [0.5, 0.6) is 0 Å². The third-order valence-corrected chi connectivity index (χ3v) is 16.2. The first-order valence-electron chi connectivity index (χ1n) is 35.1. The summed E-state index contributed by atoms with van der Waals surface area (Å²) in [6.07, 6.45) is 91.1. The molecule has 0 aromatic heterocycles. The van der Waals surface area contributed by atoms with Gasteiger partial charge in [0.05, 0.1) is 13.2 Å². The summed E-state index contributed by atoms with van der Waals surface area (Å²) in [6, 6.07) is 0. The molecule has 2 atom stereocenters. The van der Waals surface area contributed by atoms with Gasteiger partial charge in [-0.25, -0.2) is 4.57 Å². The standard InChI is InChI=1S/C73H132NO8P/c1-3-5-7-9-11-13-15-17-19-21-23-25-27-29-31-33-35-37-39-41-43-45-47-49-51-53-55-57-59-61-63-65-72(75)79-69-71(70-81-83(77,78)80-68-67-74)82-73(76)66-64-62-60-58-56-54-52-50-48-46-44-42-40-38-36-34-32-30-28-26-24-22-20-18-16-14-12-10-8-6-4-2/h6,8,12,14,18,20-21,23-24,26,30,32,36,38,71H,3-5,7,9-11,13,15-17,19,22,25,27-29,31,33-35,37,39-70,74H2,1-2H3,(H,77,78)/b8-6-,14-12-,20-18-,23-21-,26-24-,32-30-,38-36-. The summed E-state index contributed by atoms with van der Waals surface area (Å²) in [4.78, 5) is 35.4. The smallest absolute Gasteiger partial charge is 0.462 e. The number of ether oxygens (including phenoxy) is 2. The fourth-order valence-electron chi connectivity index (χ4n) is 10.1. The number of nitrogens with two attached hydrogens (primary N) is 1. The minimum atomic E-state index is -4.40. The van der Waals surface area contributed by atoms with Crippen molar-refractivity contribution < 1.29 is 37.6 Å². The largest absolute Gasteiger partial charge is 0.472 e. The fraction of sp³-hybridized carbons (Fsp3) is 0.781. The Morgan fingerprint density at radius 3 is 1.00 bits per heavy atom. The predicted molar refractivity (Wildman–Crippen MR) is 358 cm³/mol. The summed E-state index contributed by atoms with van der Waals surface area (Å²) in [5.74, 6) is -0.818. The quantitative estimate of drug-likeness (QED) is 0.0264. The lowest BCUT2D eigenvalue weighted by Crippen LogP contribution is -2.29. The maximum atomic E-state index is 12.8. The maximum absolute atomic E-state index is 12.8. The van der Waals surface area contributed by atoms with E-state index in [1.165, 1.54) is 225 Å². The van der Waals surface area contributed by atoms with Crippen molar-refractivity contribution in [1.82, 2.24) is 0 Å². The number of esters is 2. The van der Waals surface area contributed by atoms with E-state index in [1.54, 1.807) is 0 Å². The minimum Gasteiger partial charge on any atom is -0.462 e. The molecule has 0 fully saturated rings. The number of phosphoric acid groups is 1. The molecule has 0 spiro atoms.